The van der Waals surface area contributed by atoms with Crippen LogP contribution in [0.15, 0.2) is 164 Å². The minimum Gasteiger partial charge on any atom is -0.309 e. The Labute approximate surface area is 316 Å². The summed E-state index contributed by atoms with van der Waals surface area (Å²) in [7, 11) is -3.53. The molecule has 0 heterocycles. The van der Waals surface area contributed by atoms with Crippen LogP contribution in [0.2, 0.25) is 0 Å². The average molecular weight is 711 g/mol. The van der Waals surface area contributed by atoms with E-state index in [2.05, 4.69) is 191 Å². The monoisotopic (exact) mass is 710 g/mol. The van der Waals surface area contributed by atoms with Gasteiger partial charge in [0.1, 0.15) is 0 Å². The molecule has 2 heteroatoms. The fourth-order valence-corrected chi connectivity index (χ4v) is 13.1. The molecule has 9 aromatic rings. The fraction of sp³-hybridized carbons (Fsp3) is 0.115. The molecule has 0 unspecified atom stereocenters. The summed E-state index contributed by atoms with van der Waals surface area (Å²) in [6.07, 6.45) is 0. The van der Waals surface area contributed by atoms with Crippen molar-refractivity contribution in [1.82, 2.24) is 0 Å². The van der Waals surface area contributed by atoms with Crippen LogP contribution in [0.4, 0.5) is 0 Å². The number of hydrogen-bond acceptors (Lipinski definition) is 1. The fourth-order valence-electron chi connectivity index (χ4n) is 10.2. The summed E-state index contributed by atoms with van der Waals surface area (Å²) in [4.78, 5) is 0. The van der Waals surface area contributed by atoms with Crippen molar-refractivity contribution in [3.8, 4) is 22.3 Å². The smallest absolute Gasteiger partial charge is 0.171 e. The average Bonchev–Trinajstić information content (AvgIpc) is 3.59. The summed E-state index contributed by atoms with van der Waals surface area (Å²) in [5.74, 6) is 0. The zero-order valence-electron chi connectivity index (χ0n) is 30.9. The number of hydrogen-bond donors (Lipinski definition) is 0. The number of rotatable bonds is 3. The zero-order chi connectivity index (χ0) is 36.6. The van der Waals surface area contributed by atoms with Gasteiger partial charge in [0.15, 0.2) is 7.14 Å². The first-order chi connectivity index (χ1) is 26.2. The van der Waals surface area contributed by atoms with E-state index in [1.54, 1.807) is 0 Å². The first kappa shape index (κ1) is 31.7. The lowest BCUT2D eigenvalue weighted by molar-refractivity contribution is 0.592. The van der Waals surface area contributed by atoms with Gasteiger partial charge < -0.3 is 4.57 Å². The molecule has 0 N–H and O–H groups in total. The maximum atomic E-state index is 17.2. The molecule has 0 amide bonds. The molecule has 2 aliphatic rings. The van der Waals surface area contributed by atoms with Gasteiger partial charge in [-0.05, 0) is 106 Å². The highest BCUT2D eigenvalue weighted by molar-refractivity contribution is 7.85. The Morgan fingerprint density at radius 3 is 1.24 bits per heavy atom. The van der Waals surface area contributed by atoms with E-state index in [9.17, 15) is 0 Å². The molecule has 2 aliphatic carbocycles. The van der Waals surface area contributed by atoms with E-state index in [0.717, 1.165) is 32.1 Å². The van der Waals surface area contributed by atoms with Gasteiger partial charge in [-0.1, -0.05) is 173 Å². The summed E-state index contributed by atoms with van der Waals surface area (Å²) >= 11 is 0. The van der Waals surface area contributed by atoms with Crippen LogP contribution in [0.25, 0.3) is 65.3 Å². The van der Waals surface area contributed by atoms with Crippen LogP contribution in [0, 0.1) is 0 Å². The van der Waals surface area contributed by atoms with Gasteiger partial charge in [-0.25, -0.2) is 0 Å². The van der Waals surface area contributed by atoms with Gasteiger partial charge in [0.05, 0.1) is 0 Å². The van der Waals surface area contributed by atoms with E-state index in [1.165, 1.54) is 71.4 Å². The van der Waals surface area contributed by atoms with Crippen molar-refractivity contribution in [3.05, 3.63) is 186 Å². The number of fused-ring (bicyclic) bond motifs is 14. The maximum Gasteiger partial charge on any atom is 0.171 e. The molecule has 0 saturated heterocycles. The Bertz CT molecular complexity index is 3030. The van der Waals surface area contributed by atoms with Crippen LogP contribution in [0.5, 0.6) is 0 Å². The topological polar surface area (TPSA) is 17.1 Å². The van der Waals surface area contributed by atoms with Gasteiger partial charge in [0.25, 0.3) is 0 Å². The quantitative estimate of drug-likeness (QED) is 0.132. The molecule has 9 aromatic carbocycles. The minimum absolute atomic E-state index is 0.227. The summed E-state index contributed by atoms with van der Waals surface area (Å²) in [5.41, 5.74) is 9.65. The standard InChI is InChI=1S/C52H39OP/c1-51(2)45-23-13-11-18-37(45)39-27-25-32(29-47(39)51)54(53,33-26-28-40-38-19-12-14-24-46(38)52(3,4)48(40)30-33)49-31-44-36-17-6-5-15-34(36)35-16-7-9-21-42(35)50(44)43-22-10-8-20-41(43)49/h5-31H,1-4H3. The predicted molar refractivity (Wildman–Crippen MR) is 231 cm³/mol. The van der Waals surface area contributed by atoms with E-state index >= 15 is 4.57 Å². The van der Waals surface area contributed by atoms with Gasteiger partial charge >= 0.3 is 0 Å². The van der Waals surface area contributed by atoms with Crippen molar-refractivity contribution in [2.75, 3.05) is 0 Å². The molecule has 0 saturated carbocycles. The Hall–Kier alpha value is -5.75. The summed E-state index contributed by atoms with van der Waals surface area (Å²) in [5, 5.41) is 12.0. The molecule has 0 bridgehead atoms. The molecular formula is C52H39OP. The van der Waals surface area contributed by atoms with E-state index in [-0.39, 0.29) is 10.8 Å². The van der Waals surface area contributed by atoms with Crippen molar-refractivity contribution in [1.29, 1.82) is 0 Å². The molecule has 54 heavy (non-hydrogen) atoms. The third-order valence-corrected chi connectivity index (χ3v) is 16.0. The SMILES string of the molecule is CC1(C)c2ccccc2-c2ccc(P(=O)(c3ccc4c(c3)C(C)(C)c3ccccc3-4)c3cc4c5ccccc5c5ccccc5c4c4ccccc34)cc21. The van der Waals surface area contributed by atoms with Crippen molar-refractivity contribution in [2.45, 2.75) is 38.5 Å². The van der Waals surface area contributed by atoms with Gasteiger partial charge in [0, 0.05) is 26.7 Å². The van der Waals surface area contributed by atoms with Crippen molar-refractivity contribution in [3.63, 3.8) is 0 Å². The molecular weight excluding hydrogens is 672 g/mol. The van der Waals surface area contributed by atoms with Crippen LogP contribution in [-0.2, 0) is 15.4 Å². The Kier molecular flexibility index (Phi) is 6.41. The number of benzene rings is 9. The first-order valence-corrected chi connectivity index (χ1v) is 20.8. The predicted octanol–water partition coefficient (Wildman–Crippen LogP) is 12.6. The highest BCUT2D eigenvalue weighted by Crippen LogP contribution is 2.54. The van der Waals surface area contributed by atoms with Crippen LogP contribution < -0.4 is 15.9 Å². The molecule has 0 atom stereocenters. The van der Waals surface area contributed by atoms with E-state index < -0.39 is 7.14 Å². The molecule has 0 spiro atoms. The van der Waals surface area contributed by atoms with Crippen molar-refractivity contribution in [2.24, 2.45) is 0 Å². The van der Waals surface area contributed by atoms with E-state index in [4.69, 9.17) is 0 Å². The van der Waals surface area contributed by atoms with Crippen LogP contribution >= 0.6 is 7.14 Å². The second-order valence-corrected chi connectivity index (χ2v) is 19.1. The van der Waals surface area contributed by atoms with Gasteiger partial charge in [-0.15, -0.1) is 0 Å². The summed E-state index contributed by atoms with van der Waals surface area (Å²) in [6.45, 7) is 9.24. The van der Waals surface area contributed by atoms with E-state index in [1.807, 2.05) is 0 Å². The lowest BCUT2D eigenvalue weighted by Gasteiger charge is -2.28. The summed E-state index contributed by atoms with van der Waals surface area (Å²) in [6, 6.07) is 59.3. The van der Waals surface area contributed by atoms with Crippen LogP contribution in [-0.4, -0.2) is 0 Å². The van der Waals surface area contributed by atoms with Crippen molar-refractivity contribution < 1.29 is 4.57 Å². The second-order valence-electron chi connectivity index (χ2n) is 16.4. The first-order valence-electron chi connectivity index (χ1n) is 19.0. The third kappa shape index (κ3) is 4.03. The largest absolute Gasteiger partial charge is 0.309 e. The Morgan fingerprint density at radius 2 is 0.722 bits per heavy atom. The normalized spacial score (nSPS) is 15.0. The van der Waals surface area contributed by atoms with Crippen LogP contribution in [0.3, 0.4) is 0 Å². The van der Waals surface area contributed by atoms with E-state index in [0.29, 0.717) is 0 Å². The molecule has 0 radical (unpaired) electrons. The molecule has 0 aromatic heterocycles. The maximum absolute atomic E-state index is 17.2. The lowest BCUT2D eigenvalue weighted by atomic mass is 9.82. The minimum atomic E-state index is -3.53. The van der Waals surface area contributed by atoms with Crippen molar-refractivity contribution >= 4 is 66.1 Å². The lowest BCUT2D eigenvalue weighted by Crippen LogP contribution is -2.28. The van der Waals surface area contributed by atoms with Crippen LogP contribution in [0.1, 0.15) is 49.9 Å². The Morgan fingerprint density at radius 1 is 0.352 bits per heavy atom. The Balaban J connectivity index is 1.28. The molecule has 1 nitrogen and oxygen atoms in total. The molecule has 11 rings (SSSR count). The molecule has 0 fully saturated rings. The highest BCUT2D eigenvalue weighted by atomic mass is 31.2. The second kappa shape index (κ2) is 10.9. The third-order valence-electron chi connectivity index (χ3n) is 12.9. The van der Waals surface area contributed by atoms with Gasteiger partial charge in [-0.3, -0.25) is 0 Å². The van der Waals surface area contributed by atoms with Gasteiger partial charge in [0.2, 0.25) is 0 Å². The molecule has 0 aliphatic heterocycles. The highest BCUT2D eigenvalue weighted by Gasteiger charge is 2.41. The summed E-state index contributed by atoms with van der Waals surface area (Å²) < 4.78 is 17.2. The van der Waals surface area contributed by atoms with Gasteiger partial charge in [-0.2, -0.15) is 0 Å². The zero-order valence-corrected chi connectivity index (χ0v) is 31.8. The molecule has 258 valence electrons.